The highest BCUT2D eigenvalue weighted by Gasteiger charge is 2.39. The summed E-state index contributed by atoms with van der Waals surface area (Å²) in [5, 5.41) is 3.15. The van der Waals surface area contributed by atoms with E-state index in [0.717, 1.165) is 6.42 Å². The molecule has 2 aromatic rings. The monoisotopic (exact) mass is 468 g/mol. The smallest absolute Gasteiger partial charge is 0.278 e. The van der Waals surface area contributed by atoms with Gasteiger partial charge in [-0.25, -0.2) is 0 Å². The topological polar surface area (TPSA) is 86.3 Å². The average Bonchev–Trinajstić information content (AvgIpc) is 3.07. The maximum absolute atomic E-state index is 13.3. The lowest BCUT2D eigenvalue weighted by molar-refractivity contribution is -0.137. The SMILES string of the molecule is CCCOc1ccc(C2=C(Nc3ccc(OCC)c(OCC)c3)C(=O)N(CCOC)C2=O)cc1. The Morgan fingerprint density at radius 2 is 1.53 bits per heavy atom. The number of carbonyl (C=O) groups is 2. The van der Waals surface area contributed by atoms with Crippen molar-refractivity contribution in [3.8, 4) is 17.2 Å². The van der Waals surface area contributed by atoms with Gasteiger partial charge >= 0.3 is 0 Å². The highest BCUT2D eigenvalue weighted by atomic mass is 16.5. The summed E-state index contributed by atoms with van der Waals surface area (Å²) in [6, 6.07) is 12.5. The molecule has 0 saturated carbocycles. The molecule has 0 bridgehead atoms. The maximum atomic E-state index is 13.3. The highest BCUT2D eigenvalue weighted by Crippen LogP contribution is 2.35. The largest absolute Gasteiger partial charge is 0.494 e. The number of hydrogen-bond acceptors (Lipinski definition) is 7. The maximum Gasteiger partial charge on any atom is 0.278 e. The van der Waals surface area contributed by atoms with Crippen LogP contribution >= 0.6 is 0 Å². The van der Waals surface area contributed by atoms with Crippen molar-refractivity contribution in [3.05, 3.63) is 53.7 Å². The van der Waals surface area contributed by atoms with Crippen LogP contribution in [0.3, 0.4) is 0 Å². The number of nitrogens with zero attached hydrogens (tertiary/aromatic N) is 1. The van der Waals surface area contributed by atoms with Crippen LogP contribution < -0.4 is 19.5 Å². The minimum Gasteiger partial charge on any atom is -0.494 e. The lowest BCUT2D eigenvalue weighted by Crippen LogP contribution is -2.35. The predicted octanol–water partition coefficient (Wildman–Crippen LogP) is 4.11. The molecule has 0 saturated heterocycles. The van der Waals surface area contributed by atoms with Gasteiger partial charge in [0.25, 0.3) is 11.8 Å². The lowest BCUT2D eigenvalue weighted by atomic mass is 10.0. The Morgan fingerprint density at radius 1 is 0.824 bits per heavy atom. The quantitative estimate of drug-likeness (QED) is 0.443. The van der Waals surface area contributed by atoms with Crippen LogP contribution in [0.25, 0.3) is 5.57 Å². The Balaban J connectivity index is 1.98. The molecule has 1 aliphatic heterocycles. The summed E-state index contributed by atoms with van der Waals surface area (Å²) < 4.78 is 22.1. The van der Waals surface area contributed by atoms with E-state index in [1.54, 1.807) is 42.5 Å². The zero-order chi connectivity index (χ0) is 24.5. The second-order valence-corrected chi connectivity index (χ2v) is 7.53. The van der Waals surface area contributed by atoms with E-state index in [1.165, 1.54) is 12.0 Å². The van der Waals surface area contributed by atoms with Gasteiger partial charge < -0.3 is 24.3 Å². The van der Waals surface area contributed by atoms with Gasteiger partial charge in [0.05, 0.1) is 38.5 Å². The van der Waals surface area contributed by atoms with Crippen LogP contribution in [0.4, 0.5) is 5.69 Å². The fourth-order valence-electron chi connectivity index (χ4n) is 3.56. The third-order valence-corrected chi connectivity index (χ3v) is 5.12. The van der Waals surface area contributed by atoms with Crippen LogP contribution in [0.2, 0.25) is 0 Å². The molecule has 0 radical (unpaired) electrons. The van der Waals surface area contributed by atoms with Crippen molar-refractivity contribution in [3.63, 3.8) is 0 Å². The molecular formula is C26H32N2O6. The normalized spacial score (nSPS) is 13.5. The van der Waals surface area contributed by atoms with Gasteiger partial charge in [-0.05, 0) is 50.1 Å². The van der Waals surface area contributed by atoms with E-state index in [4.69, 9.17) is 18.9 Å². The van der Waals surface area contributed by atoms with Crippen LogP contribution in [0.1, 0.15) is 32.8 Å². The molecule has 8 nitrogen and oxygen atoms in total. The van der Waals surface area contributed by atoms with E-state index >= 15 is 0 Å². The first-order valence-electron chi connectivity index (χ1n) is 11.5. The molecule has 0 unspecified atom stereocenters. The third-order valence-electron chi connectivity index (χ3n) is 5.12. The number of anilines is 1. The molecule has 0 fully saturated rings. The minimum atomic E-state index is -0.407. The lowest BCUT2D eigenvalue weighted by Gasteiger charge is -2.15. The number of nitrogens with one attached hydrogen (secondary N) is 1. The Morgan fingerprint density at radius 3 is 2.18 bits per heavy atom. The van der Waals surface area contributed by atoms with E-state index in [2.05, 4.69) is 5.32 Å². The molecule has 182 valence electrons. The molecule has 0 aliphatic carbocycles. The molecule has 1 N–H and O–H groups in total. The van der Waals surface area contributed by atoms with Crippen molar-refractivity contribution in [2.75, 3.05) is 45.4 Å². The molecule has 8 heteroatoms. The molecule has 2 amide bonds. The van der Waals surface area contributed by atoms with Crippen molar-refractivity contribution in [1.82, 2.24) is 4.90 Å². The van der Waals surface area contributed by atoms with E-state index in [0.29, 0.717) is 53.9 Å². The van der Waals surface area contributed by atoms with Crippen LogP contribution in [0.15, 0.2) is 48.2 Å². The van der Waals surface area contributed by atoms with Crippen LogP contribution in [0, 0.1) is 0 Å². The van der Waals surface area contributed by atoms with Crippen molar-refractivity contribution >= 4 is 23.1 Å². The van der Waals surface area contributed by atoms with Crippen molar-refractivity contribution < 1.29 is 28.5 Å². The molecule has 1 aliphatic rings. The standard InChI is InChI=1S/C26H32N2O6/c1-5-15-34-20-11-8-18(9-12-20)23-24(26(30)28(25(23)29)14-16-31-4)27-19-10-13-21(32-6-2)22(17-19)33-7-3/h8-13,17,27H,5-7,14-16H2,1-4H3. The van der Waals surface area contributed by atoms with Crippen molar-refractivity contribution in [1.29, 1.82) is 0 Å². The van der Waals surface area contributed by atoms with Gasteiger partial charge in [0.2, 0.25) is 0 Å². The Labute approximate surface area is 200 Å². The first-order chi connectivity index (χ1) is 16.5. The Bertz CT molecular complexity index is 1030. The predicted molar refractivity (Wildman–Crippen MR) is 130 cm³/mol. The van der Waals surface area contributed by atoms with Gasteiger partial charge in [-0.15, -0.1) is 0 Å². The first-order valence-corrected chi connectivity index (χ1v) is 11.5. The number of hydrogen-bond donors (Lipinski definition) is 1. The molecule has 34 heavy (non-hydrogen) atoms. The van der Waals surface area contributed by atoms with Crippen molar-refractivity contribution in [2.24, 2.45) is 0 Å². The summed E-state index contributed by atoms with van der Waals surface area (Å²) in [6.45, 7) is 7.80. The third kappa shape index (κ3) is 5.69. The van der Waals surface area contributed by atoms with Gasteiger partial charge in [0.15, 0.2) is 11.5 Å². The van der Waals surface area contributed by atoms with Crippen LogP contribution in [0.5, 0.6) is 17.2 Å². The fourth-order valence-corrected chi connectivity index (χ4v) is 3.56. The van der Waals surface area contributed by atoms with Gasteiger partial charge in [-0.2, -0.15) is 0 Å². The number of benzene rings is 2. The van der Waals surface area contributed by atoms with E-state index < -0.39 is 5.91 Å². The molecule has 2 aromatic carbocycles. The molecule has 3 rings (SSSR count). The molecule has 0 atom stereocenters. The molecule has 1 heterocycles. The average molecular weight is 469 g/mol. The van der Waals surface area contributed by atoms with Crippen LogP contribution in [-0.4, -0.2) is 56.8 Å². The number of imide groups is 1. The highest BCUT2D eigenvalue weighted by molar-refractivity contribution is 6.36. The summed E-state index contributed by atoms with van der Waals surface area (Å²) >= 11 is 0. The van der Waals surface area contributed by atoms with Gasteiger partial charge in [0, 0.05) is 18.9 Å². The van der Waals surface area contributed by atoms with Gasteiger partial charge in [-0.1, -0.05) is 19.1 Å². The van der Waals surface area contributed by atoms with E-state index in [9.17, 15) is 9.59 Å². The zero-order valence-electron chi connectivity index (χ0n) is 20.2. The summed E-state index contributed by atoms with van der Waals surface area (Å²) in [5.74, 6) is 1.10. The van der Waals surface area contributed by atoms with E-state index in [1.807, 2.05) is 20.8 Å². The molecule has 0 aromatic heterocycles. The van der Waals surface area contributed by atoms with Gasteiger partial charge in [0.1, 0.15) is 11.4 Å². The molecule has 0 spiro atoms. The summed E-state index contributed by atoms with van der Waals surface area (Å²) in [6.07, 6.45) is 0.897. The van der Waals surface area contributed by atoms with E-state index in [-0.39, 0.29) is 24.8 Å². The number of amides is 2. The van der Waals surface area contributed by atoms with Crippen LogP contribution in [-0.2, 0) is 14.3 Å². The number of rotatable bonds is 13. The summed E-state index contributed by atoms with van der Waals surface area (Å²) in [4.78, 5) is 27.7. The number of methoxy groups -OCH3 is 1. The Kier molecular flexibility index (Phi) is 8.93. The van der Waals surface area contributed by atoms with Crippen molar-refractivity contribution in [2.45, 2.75) is 27.2 Å². The molecular weight excluding hydrogens is 436 g/mol. The Hall–Kier alpha value is -3.52. The fraction of sp³-hybridized carbons (Fsp3) is 0.385. The number of ether oxygens (including phenoxy) is 4. The van der Waals surface area contributed by atoms with Gasteiger partial charge in [-0.3, -0.25) is 14.5 Å². The first kappa shape index (κ1) is 25.1. The second-order valence-electron chi connectivity index (χ2n) is 7.53. The second kappa shape index (κ2) is 12.1. The summed E-state index contributed by atoms with van der Waals surface area (Å²) in [7, 11) is 1.53. The summed E-state index contributed by atoms with van der Waals surface area (Å²) in [5.41, 5.74) is 1.74. The zero-order valence-corrected chi connectivity index (χ0v) is 20.2. The number of carbonyl (C=O) groups excluding carboxylic acids is 2. The minimum absolute atomic E-state index is 0.161.